The minimum Gasteiger partial charge on any atom is -0.292 e. The maximum atomic E-state index is 5.14. The number of imidazole rings is 1. The monoisotopic (exact) mass is 546 g/mol. The Labute approximate surface area is 249 Å². The smallest absolute Gasteiger partial charge is 0.145 e. The predicted molar refractivity (Wildman–Crippen MR) is 182 cm³/mol. The Hall–Kier alpha value is -5.73. The van der Waals surface area contributed by atoms with Crippen LogP contribution < -0.4 is 0 Å². The van der Waals surface area contributed by atoms with Gasteiger partial charge >= 0.3 is 0 Å². The van der Waals surface area contributed by atoms with E-state index in [2.05, 4.69) is 162 Å². The molecule has 43 heavy (non-hydrogen) atoms. The molecular weight excluding hydrogens is 520 g/mol. The summed E-state index contributed by atoms with van der Waals surface area (Å²) in [7, 11) is 0. The van der Waals surface area contributed by atoms with Crippen LogP contribution in [-0.4, -0.2) is 9.55 Å². The van der Waals surface area contributed by atoms with Crippen molar-refractivity contribution < 1.29 is 0 Å². The summed E-state index contributed by atoms with van der Waals surface area (Å²) >= 11 is 0. The van der Waals surface area contributed by atoms with Gasteiger partial charge in [0.15, 0.2) is 0 Å². The van der Waals surface area contributed by atoms with Gasteiger partial charge in [0.2, 0.25) is 0 Å². The fourth-order valence-electron chi connectivity index (χ4n) is 6.89. The van der Waals surface area contributed by atoms with Crippen molar-refractivity contribution in [2.24, 2.45) is 0 Å². The first-order valence-corrected chi connectivity index (χ1v) is 14.7. The van der Waals surface area contributed by atoms with Crippen LogP contribution in [0.4, 0.5) is 0 Å². The average Bonchev–Trinajstić information content (AvgIpc) is 3.48. The Morgan fingerprint density at radius 2 is 0.953 bits per heavy atom. The summed E-state index contributed by atoms with van der Waals surface area (Å²) in [4.78, 5) is 5.14. The van der Waals surface area contributed by atoms with Gasteiger partial charge in [-0.2, -0.15) is 0 Å². The summed E-state index contributed by atoms with van der Waals surface area (Å²) in [6.45, 7) is 0. The number of benzene rings is 8. The first-order chi connectivity index (χ1) is 21.3. The van der Waals surface area contributed by atoms with Gasteiger partial charge in [0, 0.05) is 11.3 Å². The normalized spacial score (nSPS) is 11.7. The SMILES string of the molecule is c1ccc(-n2c(-c3cccc(-c4cc5c6ccccc6c6ccccc6c5c5ccccc45)c3)nc3ccccc32)cc1. The molecular formula is C41H26N2. The maximum absolute atomic E-state index is 5.14. The van der Waals surface area contributed by atoms with Crippen LogP contribution in [0.1, 0.15) is 0 Å². The van der Waals surface area contributed by atoms with E-state index >= 15 is 0 Å². The van der Waals surface area contributed by atoms with Gasteiger partial charge < -0.3 is 0 Å². The highest BCUT2D eigenvalue weighted by Crippen LogP contribution is 2.43. The topological polar surface area (TPSA) is 17.8 Å². The van der Waals surface area contributed by atoms with Crippen molar-refractivity contribution in [3.8, 4) is 28.2 Å². The van der Waals surface area contributed by atoms with Crippen molar-refractivity contribution >= 4 is 54.1 Å². The van der Waals surface area contributed by atoms with Crippen LogP contribution in [0.2, 0.25) is 0 Å². The summed E-state index contributed by atoms with van der Waals surface area (Å²) in [6.07, 6.45) is 0. The zero-order valence-corrected chi connectivity index (χ0v) is 23.4. The highest BCUT2D eigenvalue weighted by atomic mass is 15.1. The van der Waals surface area contributed by atoms with E-state index in [9.17, 15) is 0 Å². The lowest BCUT2D eigenvalue weighted by Crippen LogP contribution is -1.97. The maximum Gasteiger partial charge on any atom is 0.145 e. The zero-order valence-electron chi connectivity index (χ0n) is 23.4. The average molecular weight is 547 g/mol. The molecule has 0 N–H and O–H groups in total. The van der Waals surface area contributed by atoms with Crippen LogP contribution in [0.25, 0.3) is 82.3 Å². The van der Waals surface area contributed by atoms with Gasteiger partial charge in [-0.15, -0.1) is 0 Å². The molecule has 9 aromatic rings. The van der Waals surface area contributed by atoms with Crippen molar-refractivity contribution in [1.29, 1.82) is 0 Å². The number of hydrogen-bond acceptors (Lipinski definition) is 1. The molecule has 0 aliphatic rings. The second kappa shape index (κ2) is 9.40. The van der Waals surface area contributed by atoms with E-state index < -0.39 is 0 Å². The summed E-state index contributed by atoms with van der Waals surface area (Å²) in [5.74, 6) is 0.941. The Morgan fingerprint density at radius 1 is 0.395 bits per heavy atom. The van der Waals surface area contributed by atoms with Crippen LogP contribution in [-0.2, 0) is 0 Å². The third-order valence-corrected chi connectivity index (χ3v) is 8.76. The predicted octanol–water partition coefficient (Wildman–Crippen LogP) is 11.0. The highest BCUT2D eigenvalue weighted by Gasteiger charge is 2.17. The van der Waals surface area contributed by atoms with E-state index in [4.69, 9.17) is 4.98 Å². The second-order valence-electron chi connectivity index (χ2n) is 11.2. The molecule has 2 nitrogen and oxygen atoms in total. The fourth-order valence-corrected chi connectivity index (χ4v) is 6.89. The van der Waals surface area contributed by atoms with E-state index in [0.717, 1.165) is 28.1 Å². The van der Waals surface area contributed by atoms with Gasteiger partial charge in [-0.3, -0.25) is 4.57 Å². The van der Waals surface area contributed by atoms with Crippen molar-refractivity contribution in [3.05, 3.63) is 158 Å². The summed E-state index contributed by atoms with van der Waals surface area (Å²) in [5, 5.41) is 10.3. The molecule has 0 saturated carbocycles. The molecule has 0 amide bonds. The largest absolute Gasteiger partial charge is 0.292 e. The third kappa shape index (κ3) is 3.63. The van der Waals surface area contributed by atoms with Crippen LogP contribution in [0.3, 0.4) is 0 Å². The van der Waals surface area contributed by atoms with E-state index in [1.807, 2.05) is 0 Å². The van der Waals surface area contributed by atoms with Crippen LogP contribution >= 0.6 is 0 Å². The van der Waals surface area contributed by atoms with Crippen molar-refractivity contribution in [1.82, 2.24) is 9.55 Å². The first-order valence-electron chi connectivity index (χ1n) is 14.7. The summed E-state index contributed by atoms with van der Waals surface area (Å²) < 4.78 is 2.27. The van der Waals surface area contributed by atoms with E-state index in [1.54, 1.807) is 0 Å². The van der Waals surface area contributed by atoms with Gasteiger partial charge in [-0.1, -0.05) is 121 Å². The molecule has 0 bridgehead atoms. The molecule has 1 aromatic heterocycles. The molecule has 0 saturated heterocycles. The van der Waals surface area contributed by atoms with Crippen LogP contribution in [0, 0.1) is 0 Å². The number of aromatic nitrogens is 2. The molecule has 0 fully saturated rings. The van der Waals surface area contributed by atoms with Crippen molar-refractivity contribution in [2.45, 2.75) is 0 Å². The summed E-state index contributed by atoms with van der Waals surface area (Å²) in [6, 6.07) is 56.7. The number of fused-ring (bicyclic) bond motifs is 9. The molecule has 0 aliphatic heterocycles. The second-order valence-corrected chi connectivity index (χ2v) is 11.2. The molecule has 0 atom stereocenters. The van der Waals surface area contributed by atoms with Crippen molar-refractivity contribution in [3.63, 3.8) is 0 Å². The van der Waals surface area contributed by atoms with Crippen LogP contribution in [0.5, 0.6) is 0 Å². The molecule has 9 rings (SSSR count). The van der Waals surface area contributed by atoms with Gasteiger partial charge in [-0.25, -0.2) is 4.98 Å². The minimum absolute atomic E-state index is 0.941. The van der Waals surface area contributed by atoms with E-state index in [0.29, 0.717) is 0 Å². The molecule has 8 aromatic carbocycles. The van der Waals surface area contributed by atoms with Gasteiger partial charge in [0.25, 0.3) is 0 Å². The molecule has 0 spiro atoms. The molecule has 200 valence electrons. The quantitative estimate of drug-likeness (QED) is 0.202. The molecule has 2 heteroatoms. The number of para-hydroxylation sites is 3. The Morgan fingerprint density at radius 3 is 1.72 bits per heavy atom. The van der Waals surface area contributed by atoms with Crippen LogP contribution in [0.15, 0.2) is 158 Å². The molecule has 0 aliphatic carbocycles. The van der Waals surface area contributed by atoms with Gasteiger partial charge in [0.1, 0.15) is 5.82 Å². The third-order valence-electron chi connectivity index (χ3n) is 8.76. The number of nitrogens with zero attached hydrogens (tertiary/aromatic N) is 2. The van der Waals surface area contributed by atoms with Gasteiger partial charge in [0.05, 0.1) is 11.0 Å². The van der Waals surface area contributed by atoms with Gasteiger partial charge in [-0.05, 0) is 90.6 Å². The summed E-state index contributed by atoms with van der Waals surface area (Å²) in [5.41, 5.74) is 6.69. The zero-order chi connectivity index (χ0) is 28.3. The van der Waals surface area contributed by atoms with E-state index in [1.165, 1.54) is 54.2 Å². The lowest BCUT2D eigenvalue weighted by atomic mass is 9.87. The lowest BCUT2D eigenvalue weighted by Gasteiger charge is -2.16. The Bertz CT molecular complexity index is 2500. The number of rotatable bonds is 3. The first kappa shape index (κ1) is 23.9. The molecule has 1 heterocycles. The Kier molecular flexibility index (Phi) is 5.23. The fraction of sp³-hybridized carbons (Fsp3) is 0. The lowest BCUT2D eigenvalue weighted by molar-refractivity contribution is 1.10. The Balaban J connectivity index is 1.35. The van der Waals surface area contributed by atoms with Crippen molar-refractivity contribution in [2.75, 3.05) is 0 Å². The molecule has 0 unspecified atom stereocenters. The molecule has 0 radical (unpaired) electrons. The number of hydrogen-bond donors (Lipinski definition) is 0. The minimum atomic E-state index is 0.941. The highest BCUT2D eigenvalue weighted by molar-refractivity contribution is 6.33. The standard InChI is InChI=1S/C41H26N2/c1-2-15-29(16-3-1)43-39-24-11-10-23-38(39)42-41(43)28-14-12-13-27(25-28)36-26-37-32-19-5-4-17-30(32)31-18-6-8-21-34(31)40(37)35-22-9-7-20-33(35)36/h1-26H. The van der Waals surface area contributed by atoms with E-state index in [-0.39, 0.29) is 0 Å².